The fourth-order valence-corrected chi connectivity index (χ4v) is 1.43. The van der Waals surface area contributed by atoms with E-state index in [2.05, 4.69) is 27.5 Å². The molecule has 1 rings (SSSR count). The monoisotopic (exact) mass is 235 g/mol. The van der Waals surface area contributed by atoms with Gasteiger partial charge in [-0.2, -0.15) is 5.26 Å². The molecule has 1 heterocycles. The Bertz CT molecular complexity index is 418. The van der Waals surface area contributed by atoms with Gasteiger partial charge in [0.2, 0.25) is 5.82 Å². The number of nitriles is 1. The van der Waals surface area contributed by atoms with Crippen molar-refractivity contribution in [1.82, 2.24) is 15.3 Å². The lowest BCUT2D eigenvalue weighted by atomic mass is 10.2. The number of anilines is 1. The number of aromatic nitrogens is 2. The summed E-state index contributed by atoms with van der Waals surface area (Å²) in [5.74, 6) is 0.301. The highest BCUT2D eigenvalue weighted by molar-refractivity contribution is 5.96. The number of carbonyl (C=O) groups is 1. The molecule has 1 aromatic heterocycles. The highest BCUT2D eigenvalue weighted by atomic mass is 16.1. The Morgan fingerprint density at radius 1 is 1.53 bits per heavy atom. The Balaban J connectivity index is 2.72. The zero-order valence-electron chi connectivity index (χ0n) is 10.1. The van der Waals surface area contributed by atoms with E-state index < -0.39 is 0 Å². The maximum Gasteiger partial charge on any atom is 0.271 e. The normalized spacial score (nSPS) is 9.71. The fraction of sp³-hybridized carbons (Fsp3) is 0.545. The zero-order chi connectivity index (χ0) is 12.7. The molecule has 0 saturated heterocycles. The minimum Gasteiger partial charge on any atom is -0.368 e. The molecule has 3 N–H and O–H groups in total. The summed E-state index contributed by atoms with van der Waals surface area (Å²) >= 11 is 0. The van der Waals surface area contributed by atoms with Crippen LogP contribution in [0, 0.1) is 11.3 Å². The minimum absolute atomic E-state index is 0.140. The summed E-state index contributed by atoms with van der Waals surface area (Å²) < 4.78 is 0. The minimum atomic E-state index is -0.281. The quantitative estimate of drug-likeness (QED) is 0.647. The van der Waals surface area contributed by atoms with Crippen molar-refractivity contribution < 1.29 is 4.79 Å². The van der Waals surface area contributed by atoms with Gasteiger partial charge in [0.1, 0.15) is 11.8 Å². The lowest BCUT2D eigenvalue weighted by Crippen LogP contribution is -2.20. The molecule has 0 spiro atoms. The Labute approximate surface area is 100 Å². The molecular formula is C11H17N5O. The first-order valence-electron chi connectivity index (χ1n) is 5.69. The van der Waals surface area contributed by atoms with Crippen LogP contribution in [-0.4, -0.2) is 29.5 Å². The molecule has 0 bridgehead atoms. The van der Waals surface area contributed by atoms with Gasteiger partial charge in [0.15, 0.2) is 5.82 Å². The molecule has 0 unspecified atom stereocenters. The summed E-state index contributed by atoms with van der Waals surface area (Å²) in [4.78, 5) is 18.2. The van der Waals surface area contributed by atoms with Crippen molar-refractivity contribution in [3.8, 4) is 6.07 Å². The van der Waals surface area contributed by atoms with E-state index in [-0.39, 0.29) is 11.7 Å². The number of carbonyl (C=O) groups excluding carboxylic acids is 1. The van der Waals surface area contributed by atoms with E-state index in [9.17, 15) is 4.79 Å². The average molecular weight is 235 g/mol. The van der Waals surface area contributed by atoms with Crippen LogP contribution >= 0.6 is 0 Å². The van der Waals surface area contributed by atoms with Crippen molar-refractivity contribution in [3.05, 3.63) is 11.5 Å². The summed E-state index contributed by atoms with van der Waals surface area (Å²) in [6, 6.07) is 1.88. The van der Waals surface area contributed by atoms with Crippen molar-refractivity contribution in [2.75, 3.05) is 18.9 Å². The Hall–Kier alpha value is -2.03. The Morgan fingerprint density at radius 2 is 2.29 bits per heavy atom. The standard InChI is InChI=1S/C11H17N5O/c1-3-4-5-6-14-10-9(11(17)13-2)15-8(7-12)16-10/h14H,3-6H2,1-2H3,(H,13,17)(H,15,16). The first kappa shape index (κ1) is 13.0. The van der Waals surface area contributed by atoms with Crippen LogP contribution in [0.15, 0.2) is 0 Å². The van der Waals surface area contributed by atoms with E-state index in [0.717, 1.165) is 25.8 Å². The molecule has 0 aromatic carbocycles. The number of nitrogens with zero attached hydrogens (tertiary/aromatic N) is 2. The van der Waals surface area contributed by atoms with Gasteiger partial charge in [-0.05, 0) is 6.42 Å². The second-order valence-corrected chi connectivity index (χ2v) is 3.63. The Morgan fingerprint density at radius 3 is 2.88 bits per heavy atom. The lowest BCUT2D eigenvalue weighted by molar-refractivity contribution is 0.0959. The molecule has 1 amide bonds. The number of amides is 1. The maximum absolute atomic E-state index is 11.5. The lowest BCUT2D eigenvalue weighted by Gasteiger charge is -2.04. The first-order valence-corrected chi connectivity index (χ1v) is 5.69. The molecule has 92 valence electrons. The largest absolute Gasteiger partial charge is 0.368 e. The van der Waals surface area contributed by atoms with Gasteiger partial charge in [-0.25, -0.2) is 4.98 Å². The molecule has 6 nitrogen and oxygen atoms in total. The van der Waals surface area contributed by atoms with Crippen LogP contribution in [0.1, 0.15) is 42.5 Å². The second kappa shape index (κ2) is 6.53. The molecule has 1 aromatic rings. The zero-order valence-corrected chi connectivity index (χ0v) is 10.1. The number of nitrogens with one attached hydrogen (secondary N) is 3. The topological polar surface area (TPSA) is 93.6 Å². The number of rotatable bonds is 6. The highest BCUT2D eigenvalue weighted by Crippen LogP contribution is 2.12. The number of unbranched alkanes of at least 4 members (excludes halogenated alkanes) is 2. The van der Waals surface area contributed by atoms with Gasteiger partial charge in [0, 0.05) is 13.6 Å². The number of aromatic amines is 1. The fourth-order valence-electron chi connectivity index (χ4n) is 1.43. The molecule has 6 heteroatoms. The molecule has 0 aliphatic rings. The summed E-state index contributed by atoms with van der Waals surface area (Å²) in [7, 11) is 1.54. The van der Waals surface area contributed by atoms with Gasteiger partial charge in [-0.3, -0.25) is 4.79 Å². The predicted molar refractivity (Wildman–Crippen MR) is 64.7 cm³/mol. The summed E-state index contributed by atoms with van der Waals surface area (Å²) in [6.07, 6.45) is 3.27. The van der Waals surface area contributed by atoms with Gasteiger partial charge >= 0.3 is 0 Å². The van der Waals surface area contributed by atoms with Crippen LogP contribution in [0.5, 0.6) is 0 Å². The summed E-state index contributed by atoms with van der Waals surface area (Å²) in [5, 5.41) is 14.3. The molecule has 0 aliphatic heterocycles. The number of hydrogen-bond acceptors (Lipinski definition) is 4. The third kappa shape index (κ3) is 3.48. The summed E-state index contributed by atoms with van der Waals surface area (Å²) in [5.41, 5.74) is 0.306. The molecule has 0 saturated carbocycles. The van der Waals surface area contributed by atoms with Gasteiger partial charge in [0.05, 0.1) is 0 Å². The van der Waals surface area contributed by atoms with Gasteiger partial charge < -0.3 is 15.6 Å². The third-order valence-corrected chi connectivity index (χ3v) is 2.34. The van der Waals surface area contributed by atoms with E-state index in [1.807, 2.05) is 6.07 Å². The molecule has 0 radical (unpaired) electrons. The van der Waals surface area contributed by atoms with Gasteiger partial charge in [-0.1, -0.05) is 19.8 Å². The van der Waals surface area contributed by atoms with Crippen molar-refractivity contribution in [1.29, 1.82) is 5.26 Å². The van der Waals surface area contributed by atoms with Crippen LogP contribution in [0.4, 0.5) is 5.82 Å². The SMILES string of the molecule is CCCCCNc1nc(C#N)[nH]c1C(=O)NC. The van der Waals surface area contributed by atoms with E-state index in [4.69, 9.17) is 5.26 Å². The van der Waals surface area contributed by atoms with E-state index in [0.29, 0.717) is 11.5 Å². The molecule has 17 heavy (non-hydrogen) atoms. The van der Waals surface area contributed by atoms with Gasteiger partial charge in [0.25, 0.3) is 5.91 Å². The highest BCUT2D eigenvalue weighted by Gasteiger charge is 2.15. The first-order chi connectivity index (χ1) is 8.22. The second-order valence-electron chi connectivity index (χ2n) is 3.63. The number of hydrogen-bond donors (Lipinski definition) is 3. The smallest absolute Gasteiger partial charge is 0.271 e. The van der Waals surface area contributed by atoms with Crippen molar-refractivity contribution in [2.45, 2.75) is 26.2 Å². The van der Waals surface area contributed by atoms with E-state index in [1.165, 1.54) is 7.05 Å². The van der Waals surface area contributed by atoms with Crippen molar-refractivity contribution in [2.24, 2.45) is 0 Å². The van der Waals surface area contributed by atoms with Crippen molar-refractivity contribution in [3.63, 3.8) is 0 Å². The predicted octanol–water partition coefficient (Wildman–Crippen LogP) is 1.24. The molecular weight excluding hydrogens is 218 g/mol. The van der Waals surface area contributed by atoms with Crippen LogP contribution < -0.4 is 10.6 Å². The summed E-state index contributed by atoms with van der Waals surface area (Å²) in [6.45, 7) is 2.87. The van der Waals surface area contributed by atoms with E-state index >= 15 is 0 Å². The van der Waals surface area contributed by atoms with Crippen LogP contribution in [-0.2, 0) is 0 Å². The number of H-pyrrole nitrogens is 1. The van der Waals surface area contributed by atoms with E-state index in [1.54, 1.807) is 0 Å². The average Bonchev–Trinajstić information content (AvgIpc) is 2.77. The molecule has 0 atom stereocenters. The van der Waals surface area contributed by atoms with Crippen LogP contribution in [0.3, 0.4) is 0 Å². The molecule has 0 fully saturated rings. The van der Waals surface area contributed by atoms with Crippen LogP contribution in [0.2, 0.25) is 0 Å². The van der Waals surface area contributed by atoms with Gasteiger partial charge in [-0.15, -0.1) is 0 Å². The van der Waals surface area contributed by atoms with Crippen molar-refractivity contribution >= 4 is 11.7 Å². The molecule has 0 aliphatic carbocycles. The third-order valence-electron chi connectivity index (χ3n) is 2.34. The number of imidazole rings is 1. The Kier molecular flexibility index (Phi) is 5.01. The van der Waals surface area contributed by atoms with Crippen LogP contribution in [0.25, 0.3) is 0 Å². The maximum atomic E-state index is 11.5.